The maximum absolute atomic E-state index is 12.1. The third-order valence-corrected chi connectivity index (χ3v) is 4.67. The molecule has 7 nitrogen and oxygen atoms in total. The number of ether oxygens (including phenoxy) is 2. The van der Waals surface area contributed by atoms with Crippen LogP contribution in [-0.2, 0) is 4.79 Å². The van der Waals surface area contributed by atoms with Gasteiger partial charge in [0.1, 0.15) is 12.7 Å². The Bertz CT molecular complexity index is 916. The fourth-order valence-electron chi connectivity index (χ4n) is 2.54. The number of fused-ring (bicyclic) bond motifs is 1. The van der Waals surface area contributed by atoms with E-state index < -0.39 is 0 Å². The van der Waals surface area contributed by atoms with Crippen LogP contribution in [0.1, 0.15) is 0 Å². The molecule has 0 fully saturated rings. The molecule has 138 valence electrons. The number of rotatable bonds is 6. The first-order valence-electron chi connectivity index (χ1n) is 8.45. The van der Waals surface area contributed by atoms with Gasteiger partial charge in [0.2, 0.25) is 11.8 Å². The van der Waals surface area contributed by atoms with Crippen LogP contribution in [0.25, 0.3) is 11.5 Å². The Labute approximate surface area is 160 Å². The molecular weight excluding hydrogens is 366 g/mol. The molecule has 0 saturated heterocycles. The molecule has 0 radical (unpaired) electrons. The van der Waals surface area contributed by atoms with Gasteiger partial charge in [-0.05, 0) is 24.3 Å². The SMILES string of the molecule is O=C(CSc1nnc(-c2ccccc2)o1)NC[C@H]1COc2ccccc2O1. The van der Waals surface area contributed by atoms with Crippen molar-refractivity contribution in [1.29, 1.82) is 0 Å². The van der Waals surface area contributed by atoms with E-state index >= 15 is 0 Å². The summed E-state index contributed by atoms with van der Waals surface area (Å²) in [4.78, 5) is 12.1. The third kappa shape index (κ3) is 4.40. The Kier molecular flexibility index (Phi) is 5.24. The average molecular weight is 383 g/mol. The quantitative estimate of drug-likeness (QED) is 0.655. The van der Waals surface area contributed by atoms with E-state index in [1.54, 1.807) is 0 Å². The van der Waals surface area contributed by atoms with Crippen LogP contribution in [0.3, 0.4) is 0 Å². The van der Waals surface area contributed by atoms with Crippen LogP contribution in [0.4, 0.5) is 0 Å². The number of aromatic nitrogens is 2. The summed E-state index contributed by atoms with van der Waals surface area (Å²) in [5.41, 5.74) is 0.844. The van der Waals surface area contributed by atoms with Crippen LogP contribution in [0, 0.1) is 0 Å². The largest absolute Gasteiger partial charge is 0.486 e. The van der Waals surface area contributed by atoms with E-state index in [0.29, 0.717) is 30.0 Å². The van der Waals surface area contributed by atoms with Crippen molar-refractivity contribution in [3.8, 4) is 23.0 Å². The van der Waals surface area contributed by atoms with Crippen molar-refractivity contribution < 1.29 is 18.7 Å². The zero-order chi connectivity index (χ0) is 18.5. The minimum atomic E-state index is -0.220. The lowest BCUT2D eigenvalue weighted by Crippen LogP contribution is -2.41. The van der Waals surface area contributed by atoms with Crippen molar-refractivity contribution in [2.24, 2.45) is 0 Å². The third-order valence-electron chi connectivity index (χ3n) is 3.85. The predicted octanol–water partition coefficient (Wildman–Crippen LogP) is 2.78. The van der Waals surface area contributed by atoms with Crippen LogP contribution < -0.4 is 14.8 Å². The second-order valence-electron chi connectivity index (χ2n) is 5.83. The summed E-state index contributed by atoms with van der Waals surface area (Å²) in [7, 11) is 0. The summed E-state index contributed by atoms with van der Waals surface area (Å²) in [5.74, 6) is 1.89. The predicted molar refractivity (Wildman–Crippen MR) is 99.8 cm³/mol. The van der Waals surface area contributed by atoms with Crippen molar-refractivity contribution in [3.05, 3.63) is 54.6 Å². The number of hydrogen-bond acceptors (Lipinski definition) is 7. The van der Waals surface area contributed by atoms with Gasteiger partial charge in [0, 0.05) is 5.56 Å². The zero-order valence-electron chi connectivity index (χ0n) is 14.3. The highest BCUT2D eigenvalue weighted by Crippen LogP contribution is 2.30. The molecule has 2 heterocycles. The minimum Gasteiger partial charge on any atom is -0.486 e. The Balaban J connectivity index is 1.23. The molecule has 0 spiro atoms. The number of thioether (sulfide) groups is 1. The Morgan fingerprint density at radius 1 is 1.07 bits per heavy atom. The second kappa shape index (κ2) is 8.13. The summed E-state index contributed by atoms with van der Waals surface area (Å²) < 4.78 is 17.0. The summed E-state index contributed by atoms with van der Waals surface area (Å²) in [6.07, 6.45) is -0.220. The van der Waals surface area contributed by atoms with Crippen molar-refractivity contribution in [2.45, 2.75) is 11.3 Å². The standard InChI is InChI=1S/C19H17N3O4S/c23-17(20-10-14-11-24-15-8-4-5-9-16(15)25-14)12-27-19-22-21-18(26-19)13-6-2-1-3-7-13/h1-9,14H,10-12H2,(H,20,23)/t14-/m0/s1. The van der Waals surface area contributed by atoms with Crippen LogP contribution in [0.2, 0.25) is 0 Å². The highest BCUT2D eigenvalue weighted by molar-refractivity contribution is 7.99. The highest BCUT2D eigenvalue weighted by Gasteiger charge is 2.21. The fraction of sp³-hybridized carbons (Fsp3) is 0.211. The molecule has 4 rings (SSSR count). The van der Waals surface area contributed by atoms with Gasteiger partial charge in [0.25, 0.3) is 5.22 Å². The maximum atomic E-state index is 12.1. The van der Waals surface area contributed by atoms with Crippen molar-refractivity contribution >= 4 is 17.7 Å². The highest BCUT2D eigenvalue weighted by atomic mass is 32.2. The fourth-order valence-corrected chi connectivity index (χ4v) is 3.13. The van der Waals surface area contributed by atoms with Crippen LogP contribution >= 0.6 is 11.8 Å². The lowest BCUT2D eigenvalue weighted by molar-refractivity contribution is -0.119. The Hall–Kier alpha value is -3.00. The van der Waals surface area contributed by atoms with E-state index in [2.05, 4.69) is 15.5 Å². The number of carbonyl (C=O) groups excluding carboxylic acids is 1. The van der Waals surface area contributed by atoms with E-state index in [1.807, 2.05) is 54.6 Å². The number of nitrogens with one attached hydrogen (secondary N) is 1. The van der Waals surface area contributed by atoms with E-state index in [9.17, 15) is 4.79 Å². The number of benzene rings is 2. The molecule has 27 heavy (non-hydrogen) atoms. The molecule has 1 aliphatic rings. The molecule has 0 aliphatic carbocycles. The molecular formula is C19H17N3O4S. The molecule has 1 aromatic heterocycles. The molecule has 1 atom stereocenters. The summed E-state index contributed by atoms with van der Waals surface area (Å²) >= 11 is 1.19. The topological polar surface area (TPSA) is 86.5 Å². The summed E-state index contributed by atoms with van der Waals surface area (Å²) in [6, 6.07) is 17.0. The van der Waals surface area contributed by atoms with Gasteiger partial charge in [-0.1, -0.05) is 42.1 Å². The number of hydrogen-bond donors (Lipinski definition) is 1. The van der Waals surface area contributed by atoms with E-state index in [1.165, 1.54) is 11.8 Å². The molecule has 1 N–H and O–H groups in total. The van der Waals surface area contributed by atoms with Gasteiger partial charge in [-0.25, -0.2) is 0 Å². The van der Waals surface area contributed by atoms with E-state index in [0.717, 1.165) is 11.3 Å². The minimum absolute atomic E-state index is 0.137. The Morgan fingerprint density at radius 3 is 2.70 bits per heavy atom. The van der Waals surface area contributed by atoms with E-state index in [-0.39, 0.29) is 17.8 Å². The molecule has 0 saturated carbocycles. The number of amides is 1. The molecule has 1 amide bonds. The maximum Gasteiger partial charge on any atom is 0.277 e. The molecule has 8 heteroatoms. The van der Waals surface area contributed by atoms with Crippen LogP contribution in [-0.4, -0.2) is 41.1 Å². The smallest absolute Gasteiger partial charge is 0.277 e. The normalized spacial score (nSPS) is 15.3. The van der Waals surface area contributed by atoms with Gasteiger partial charge >= 0.3 is 0 Å². The van der Waals surface area contributed by atoms with Crippen molar-refractivity contribution in [1.82, 2.24) is 15.5 Å². The number of nitrogens with zero attached hydrogens (tertiary/aromatic N) is 2. The van der Waals surface area contributed by atoms with Gasteiger partial charge in [0.05, 0.1) is 12.3 Å². The first-order chi connectivity index (χ1) is 13.3. The van der Waals surface area contributed by atoms with Gasteiger partial charge < -0.3 is 19.2 Å². The molecule has 1 aliphatic heterocycles. The summed E-state index contributed by atoms with van der Waals surface area (Å²) in [6.45, 7) is 0.765. The lowest BCUT2D eigenvalue weighted by atomic mass is 10.2. The van der Waals surface area contributed by atoms with Gasteiger partial charge in [-0.3, -0.25) is 4.79 Å². The number of carbonyl (C=O) groups is 1. The summed E-state index contributed by atoms with van der Waals surface area (Å²) in [5, 5.41) is 11.2. The molecule has 3 aromatic rings. The lowest BCUT2D eigenvalue weighted by Gasteiger charge is -2.26. The zero-order valence-corrected chi connectivity index (χ0v) is 15.1. The Morgan fingerprint density at radius 2 is 1.85 bits per heavy atom. The van der Waals surface area contributed by atoms with Gasteiger partial charge in [-0.2, -0.15) is 0 Å². The second-order valence-corrected chi connectivity index (χ2v) is 6.76. The van der Waals surface area contributed by atoms with Crippen LogP contribution in [0.5, 0.6) is 11.5 Å². The van der Waals surface area contributed by atoms with Gasteiger partial charge in [-0.15, -0.1) is 10.2 Å². The van der Waals surface area contributed by atoms with Crippen LogP contribution in [0.15, 0.2) is 64.2 Å². The van der Waals surface area contributed by atoms with E-state index in [4.69, 9.17) is 13.9 Å². The molecule has 0 bridgehead atoms. The van der Waals surface area contributed by atoms with Crippen molar-refractivity contribution in [2.75, 3.05) is 18.9 Å². The first kappa shape index (κ1) is 17.4. The number of para-hydroxylation sites is 2. The molecule has 0 unspecified atom stereocenters. The first-order valence-corrected chi connectivity index (χ1v) is 9.43. The van der Waals surface area contributed by atoms with Crippen molar-refractivity contribution in [3.63, 3.8) is 0 Å². The average Bonchev–Trinajstić information content (AvgIpc) is 3.20. The van der Waals surface area contributed by atoms with Gasteiger partial charge in [0.15, 0.2) is 11.5 Å². The molecule has 2 aromatic carbocycles. The monoisotopic (exact) mass is 383 g/mol.